The van der Waals surface area contributed by atoms with Crippen LogP contribution in [0.5, 0.6) is 5.75 Å². The Morgan fingerprint density at radius 3 is 2.44 bits per heavy atom. The van der Waals surface area contributed by atoms with Crippen LogP contribution in [0.2, 0.25) is 0 Å². The van der Waals surface area contributed by atoms with Gasteiger partial charge in [-0.2, -0.15) is 14.0 Å². The number of aryl methyl sites for hydroxylation is 1. The molecule has 0 radical (unpaired) electrons. The summed E-state index contributed by atoms with van der Waals surface area (Å²) in [6.45, 7) is 0.0818. The molecule has 34 heavy (non-hydrogen) atoms. The molecule has 9 heteroatoms. The van der Waals surface area contributed by atoms with Gasteiger partial charge in [-0.15, -0.1) is 11.3 Å². The van der Waals surface area contributed by atoms with E-state index in [-0.39, 0.29) is 27.5 Å². The number of para-hydroxylation sites is 1. The number of carbonyl (C=O) groups excluding carboxylic acids is 1. The third-order valence-corrected chi connectivity index (χ3v) is 6.61. The lowest BCUT2D eigenvalue weighted by atomic mass is 10.2. The van der Waals surface area contributed by atoms with E-state index >= 15 is 0 Å². The van der Waals surface area contributed by atoms with Crippen LogP contribution in [0.25, 0.3) is 17.3 Å². The lowest BCUT2D eigenvalue weighted by molar-refractivity contribution is -0.123. The molecule has 6 nitrogen and oxygen atoms in total. The van der Waals surface area contributed by atoms with Gasteiger partial charge in [-0.1, -0.05) is 30.3 Å². The number of amides is 1. The van der Waals surface area contributed by atoms with Crippen molar-refractivity contribution in [2.24, 2.45) is 0 Å². The number of hydrogen-bond acceptors (Lipinski definition) is 5. The van der Waals surface area contributed by atoms with Crippen molar-refractivity contribution in [3.8, 4) is 17.5 Å². The molecule has 1 aromatic heterocycles. The molecule has 1 aliphatic rings. The summed E-state index contributed by atoms with van der Waals surface area (Å²) in [6, 6.07) is 15.2. The number of rotatable bonds is 5. The van der Waals surface area contributed by atoms with Crippen LogP contribution in [-0.4, -0.2) is 35.1 Å². The van der Waals surface area contributed by atoms with Crippen LogP contribution in [0.4, 0.5) is 8.78 Å². The van der Waals surface area contributed by atoms with E-state index in [0.29, 0.717) is 28.9 Å². The van der Waals surface area contributed by atoms with E-state index in [9.17, 15) is 23.6 Å². The van der Waals surface area contributed by atoms with E-state index in [1.165, 1.54) is 16.7 Å². The number of halogens is 2. The lowest BCUT2D eigenvalue weighted by Crippen LogP contribution is -2.35. The fourth-order valence-electron chi connectivity index (χ4n) is 3.85. The molecule has 1 saturated heterocycles. The fraction of sp³-hybridized carbons (Fsp3) is 0.240. The molecule has 1 amide bonds. The second-order valence-electron chi connectivity index (χ2n) is 7.78. The topological polar surface area (TPSA) is 75.3 Å². The van der Waals surface area contributed by atoms with Crippen LogP contribution in [0.3, 0.4) is 0 Å². The first kappa shape index (κ1) is 23.4. The number of ether oxygens (including phenoxy) is 1. The average Bonchev–Trinajstić information content (AvgIpc) is 3.45. The Labute approximate surface area is 198 Å². The summed E-state index contributed by atoms with van der Waals surface area (Å²) < 4.78 is 31.2. The quantitative estimate of drug-likeness (QED) is 0.562. The molecule has 174 valence electrons. The van der Waals surface area contributed by atoms with E-state index < -0.39 is 6.61 Å². The molecule has 0 unspecified atom stereocenters. The largest absolute Gasteiger partial charge is 0.435 e. The summed E-state index contributed by atoms with van der Waals surface area (Å²) in [7, 11) is 0. The highest BCUT2D eigenvalue weighted by atomic mass is 32.1. The van der Waals surface area contributed by atoms with E-state index in [0.717, 1.165) is 29.7 Å². The summed E-state index contributed by atoms with van der Waals surface area (Å²) >= 11 is 1.06. The third kappa shape index (κ3) is 4.77. The number of aromatic nitrogens is 1. The maximum absolute atomic E-state index is 13.5. The van der Waals surface area contributed by atoms with Gasteiger partial charge in [0.1, 0.15) is 16.5 Å². The Balaban J connectivity index is 1.93. The predicted octanol–water partition coefficient (Wildman–Crippen LogP) is 2.93. The SMILES string of the molecule is Cc1ccccc1-n1c(=C(C#N)C(=O)N2CCCC2)sc(=Cc2ccc(OC(F)F)cc2)c1=O. The van der Waals surface area contributed by atoms with Crippen LogP contribution >= 0.6 is 11.3 Å². The van der Waals surface area contributed by atoms with Crippen molar-refractivity contribution in [2.75, 3.05) is 13.1 Å². The second kappa shape index (κ2) is 10.0. The zero-order chi connectivity index (χ0) is 24.2. The van der Waals surface area contributed by atoms with Crippen LogP contribution < -0.4 is 19.5 Å². The number of alkyl halides is 2. The first-order chi connectivity index (χ1) is 16.4. The summed E-state index contributed by atoms with van der Waals surface area (Å²) in [6.07, 6.45) is 3.36. The molecule has 0 saturated carbocycles. The Hall–Kier alpha value is -3.77. The van der Waals surface area contributed by atoms with Crippen molar-refractivity contribution < 1.29 is 18.3 Å². The minimum Gasteiger partial charge on any atom is -0.435 e. The molecule has 0 spiro atoms. The predicted molar refractivity (Wildman–Crippen MR) is 125 cm³/mol. The Bertz CT molecular complexity index is 1430. The van der Waals surface area contributed by atoms with Gasteiger partial charge < -0.3 is 9.64 Å². The van der Waals surface area contributed by atoms with Gasteiger partial charge in [-0.25, -0.2) is 0 Å². The fourth-order valence-corrected chi connectivity index (χ4v) is 4.93. The molecule has 0 N–H and O–H groups in total. The summed E-state index contributed by atoms with van der Waals surface area (Å²) in [5, 5.41) is 9.91. The van der Waals surface area contributed by atoms with Crippen molar-refractivity contribution >= 4 is 28.9 Å². The maximum atomic E-state index is 13.5. The van der Waals surface area contributed by atoms with Gasteiger partial charge in [0.2, 0.25) is 0 Å². The van der Waals surface area contributed by atoms with Gasteiger partial charge >= 0.3 is 6.61 Å². The standard InChI is InChI=1S/C25H21F2N3O3S/c1-16-6-2-3-7-20(16)30-23(32)21(14-17-8-10-18(11-9-17)33-25(26)27)34-24(30)19(15-28)22(31)29-12-4-5-13-29/h2-3,6-11,14,25H,4-5,12-13H2,1H3. The van der Waals surface area contributed by atoms with Gasteiger partial charge in [-0.05, 0) is 55.2 Å². The molecule has 0 aliphatic carbocycles. The number of likely N-dealkylation sites (tertiary alicyclic amines) is 1. The molecular formula is C25H21F2N3O3S. The highest BCUT2D eigenvalue weighted by molar-refractivity contribution is 7.07. The van der Waals surface area contributed by atoms with Crippen molar-refractivity contribution in [2.45, 2.75) is 26.4 Å². The second-order valence-corrected chi connectivity index (χ2v) is 8.81. The molecule has 1 aliphatic heterocycles. The first-order valence-electron chi connectivity index (χ1n) is 10.7. The van der Waals surface area contributed by atoms with Crippen molar-refractivity contribution in [1.82, 2.24) is 9.47 Å². The average molecular weight is 482 g/mol. The molecule has 2 heterocycles. The van der Waals surface area contributed by atoms with E-state index in [4.69, 9.17) is 0 Å². The van der Waals surface area contributed by atoms with Crippen molar-refractivity contribution in [3.05, 3.63) is 79.2 Å². The molecule has 1 fully saturated rings. The van der Waals surface area contributed by atoms with E-state index in [2.05, 4.69) is 4.74 Å². The van der Waals surface area contributed by atoms with Gasteiger partial charge in [0.25, 0.3) is 11.5 Å². The van der Waals surface area contributed by atoms with Crippen LogP contribution in [-0.2, 0) is 4.79 Å². The van der Waals surface area contributed by atoms with Gasteiger partial charge in [-0.3, -0.25) is 14.2 Å². The zero-order valence-electron chi connectivity index (χ0n) is 18.3. The third-order valence-electron chi connectivity index (χ3n) is 5.52. The molecule has 4 rings (SSSR count). The molecule has 0 atom stereocenters. The summed E-state index contributed by atoms with van der Waals surface area (Å²) in [5.41, 5.74) is 1.54. The van der Waals surface area contributed by atoms with Crippen LogP contribution in [0, 0.1) is 18.3 Å². The van der Waals surface area contributed by atoms with Gasteiger partial charge in [0, 0.05) is 13.1 Å². The van der Waals surface area contributed by atoms with Crippen molar-refractivity contribution in [3.63, 3.8) is 0 Å². The van der Waals surface area contributed by atoms with Crippen LogP contribution in [0.15, 0.2) is 53.3 Å². The number of thiazole rings is 1. The number of nitrogens with zero attached hydrogens (tertiary/aromatic N) is 3. The minimum atomic E-state index is -2.93. The van der Waals surface area contributed by atoms with E-state index in [1.54, 1.807) is 35.2 Å². The number of hydrogen-bond donors (Lipinski definition) is 0. The van der Waals surface area contributed by atoms with Gasteiger partial charge in [0.05, 0.1) is 10.2 Å². The molecule has 2 aromatic carbocycles. The highest BCUT2D eigenvalue weighted by Crippen LogP contribution is 2.16. The van der Waals surface area contributed by atoms with Crippen LogP contribution in [0.1, 0.15) is 24.0 Å². The minimum absolute atomic E-state index is 0.00708. The maximum Gasteiger partial charge on any atom is 0.387 e. The van der Waals surface area contributed by atoms with Crippen molar-refractivity contribution in [1.29, 1.82) is 5.26 Å². The number of benzene rings is 2. The van der Waals surface area contributed by atoms with E-state index in [1.807, 2.05) is 25.1 Å². The highest BCUT2D eigenvalue weighted by Gasteiger charge is 2.24. The molecular weight excluding hydrogens is 460 g/mol. The van der Waals surface area contributed by atoms with Gasteiger partial charge in [0.15, 0.2) is 5.57 Å². The number of carbonyl (C=O) groups is 1. The Kier molecular flexibility index (Phi) is 6.89. The zero-order valence-corrected chi connectivity index (χ0v) is 19.1. The smallest absolute Gasteiger partial charge is 0.387 e. The summed E-state index contributed by atoms with van der Waals surface area (Å²) in [4.78, 5) is 28.3. The molecule has 3 aromatic rings. The Morgan fingerprint density at radius 1 is 1.15 bits per heavy atom. The Morgan fingerprint density at radius 2 is 1.82 bits per heavy atom. The normalized spacial score (nSPS) is 14.9. The molecule has 0 bridgehead atoms. The first-order valence-corrected chi connectivity index (χ1v) is 11.5. The lowest BCUT2D eigenvalue weighted by Gasteiger charge is -2.14. The number of nitriles is 1. The summed E-state index contributed by atoms with van der Waals surface area (Å²) in [5.74, 6) is -0.378. The monoisotopic (exact) mass is 481 g/mol.